The molecule has 0 radical (unpaired) electrons. The van der Waals surface area contributed by atoms with E-state index in [1.54, 1.807) is 10.9 Å². The van der Waals surface area contributed by atoms with E-state index in [1.165, 1.54) is 0 Å². The molecule has 1 N–H and O–H groups in total. The molecule has 0 bridgehead atoms. The zero-order valence-electron chi connectivity index (χ0n) is 8.11. The summed E-state index contributed by atoms with van der Waals surface area (Å²) in [6.45, 7) is 4.11. The summed E-state index contributed by atoms with van der Waals surface area (Å²) in [5.74, 6) is -0.509. The third-order valence-electron chi connectivity index (χ3n) is 1.86. The van der Waals surface area contributed by atoms with Gasteiger partial charge in [-0.3, -0.25) is 0 Å². The maximum atomic E-state index is 10.7. The predicted octanol–water partition coefficient (Wildman–Crippen LogP) is 1.32. The van der Waals surface area contributed by atoms with Crippen molar-refractivity contribution in [2.24, 2.45) is 13.0 Å². The molecule has 0 saturated heterocycles. The SMILES string of the molecule is CC(C)Cc1c(C(=O)O)ncn1C. The van der Waals surface area contributed by atoms with Crippen molar-refractivity contribution in [3.8, 4) is 0 Å². The molecule has 1 heterocycles. The maximum absolute atomic E-state index is 10.7. The summed E-state index contributed by atoms with van der Waals surface area (Å²) in [5.41, 5.74) is 0.971. The minimum absolute atomic E-state index is 0.177. The van der Waals surface area contributed by atoms with Crippen LogP contribution in [0, 0.1) is 5.92 Å². The number of hydrogen-bond donors (Lipinski definition) is 1. The minimum atomic E-state index is -0.948. The molecule has 72 valence electrons. The van der Waals surface area contributed by atoms with Gasteiger partial charge in [-0.1, -0.05) is 13.8 Å². The molecule has 0 saturated carbocycles. The number of aromatic nitrogens is 2. The van der Waals surface area contributed by atoms with Gasteiger partial charge in [0.05, 0.1) is 12.0 Å². The third kappa shape index (κ3) is 2.08. The zero-order valence-corrected chi connectivity index (χ0v) is 8.11. The second kappa shape index (κ2) is 3.60. The van der Waals surface area contributed by atoms with Crippen molar-refractivity contribution in [2.75, 3.05) is 0 Å². The molecule has 0 aliphatic heterocycles. The number of carbonyl (C=O) groups is 1. The van der Waals surface area contributed by atoms with Crippen LogP contribution in [0.25, 0.3) is 0 Å². The van der Waals surface area contributed by atoms with Crippen molar-refractivity contribution >= 4 is 5.97 Å². The highest BCUT2D eigenvalue weighted by molar-refractivity contribution is 5.86. The van der Waals surface area contributed by atoms with Crippen LogP contribution in [0.2, 0.25) is 0 Å². The fraction of sp³-hybridized carbons (Fsp3) is 0.556. The Hall–Kier alpha value is -1.32. The first kappa shape index (κ1) is 9.77. The standard InChI is InChI=1S/C9H14N2O2/c1-6(2)4-7-8(9(12)13)10-5-11(7)3/h5-6H,4H2,1-3H3,(H,12,13). The van der Waals surface area contributed by atoms with Gasteiger partial charge in [0.1, 0.15) is 0 Å². The van der Waals surface area contributed by atoms with Crippen LogP contribution < -0.4 is 0 Å². The maximum Gasteiger partial charge on any atom is 0.356 e. The molecule has 13 heavy (non-hydrogen) atoms. The van der Waals surface area contributed by atoms with Crippen LogP contribution in [0.5, 0.6) is 0 Å². The molecule has 0 amide bonds. The van der Waals surface area contributed by atoms with Gasteiger partial charge in [0.15, 0.2) is 5.69 Å². The molecule has 1 aromatic rings. The number of rotatable bonds is 3. The van der Waals surface area contributed by atoms with Gasteiger partial charge < -0.3 is 9.67 Å². The Balaban J connectivity index is 3.01. The van der Waals surface area contributed by atoms with Gasteiger partial charge in [-0.25, -0.2) is 9.78 Å². The van der Waals surface area contributed by atoms with Gasteiger partial charge in [0.2, 0.25) is 0 Å². The highest BCUT2D eigenvalue weighted by Crippen LogP contribution is 2.11. The number of hydrogen-bond acceptors (Lipinski definition) is 2. The lowest BCUT2D eigenvalue weighted by molar-refractivity contribution is 0.0689. The number of carboxylic acids is 1. The molecule has 1 aromatic heterocycles. The molecule has 0 fully saturated rings. The second-order valence-corrected chi connectivity index (χ2v) is 3.55. The molecule has 4 heteroatoms. The summed E-state index contributed by atoms with van der Waals surface area (Å²) in [5, 5.41) is 8.82. The van der Waals surface area contributed by atoms with Crippen LogP contribution >= 0.6 is 0 Å². The Bertz CT molecular complexity index is 315. The molecule has 0 spiro atoms. The Labute approximate surface area is 77.2 Å². The molecule has 0 aliphatic rings. The quantitative estimate of drug-likeness (QED) is 0.767. The van der Waals surface area contributed by atoms with Crippen molar-refractivity contribution in [3.63, 3.8) is 0 Å². The average Bonchev–Trinajstić information content (AvgIpc) is 2.32. The second-order valence-electron chi connectivity index (χ2n) is 3.55. The third-order valence-corrected chi connectivity index (χ3v) is 1.86. The van der Waals surface area contributed by atoms with Crippen LogP contribution in [-0.4, -0.2) is 20.6 Å². The Kier molecular flexibility index (Phi) is 2.70. The van der Waals surface area contributed by atoms with E-state index in [0.29, 0.717) is 5.92 Å². The highest BCUT2D eigenvalue weighted by atomic mass is 16.4. The van der Waals surface area contributed by atoms with Gasteiger partial charge in [-0.15, -0.1) is 0 Å². The number of nitrogens with zero attached hydrogens (tertiary/aromatic N) is 2. The van der Waals surface area contributed by atoms with Gasteiger partial charge in [0, 0.05) is 7.05 Å². The number of aryl methyl sites for hydroxylation is 1. The smallest absolute Gasteiger partial charge is 0.356 e. The van der Waals surface area contributed by atoms with E-state index < -0.39 is 5.97 Å². The molecule has 0 aliphatic carbocycles. The fourth-order valence-corrected chi connectivity index (χ4v) is 1.26. The van der Waals surface area contributed by atoms with E-state index in [2.05, 4.69) is 18.8 Å². The van der Waals surface area contributed by atoms with Crippen LogP contribution in [0.1, 0.15) is 30.0 Å². The largest absolute Gasteiger partial charge is 0.476 e. The normalized spacial score (nSPS) is 10.8. The lowest BCUT2D eigenvalue weighted by Gasteiger charge is -2.06. The van der Waals surface area contributed by atoms with Crippen molar-refractivity contribution in [1.29, 1.82) is 0 Å². The van der Waals surface area contributed by atoms with Gasteiger partial charge in [-0.2, -0.15) is 0 Å². The van der Waals surface area contributed by atoms with Gasteiger partial charge in [-0.05, 0) is 12.3 Å². The Morgan fingerprint density at radius 3 is 2.77 bits per heavy atom. The number of imidazole rings is 1. The minimum Gasteiger partial charge on any atom is -0.476 e. The summed E-state index contributed by atoms with van der Waals surface area (Å²) >= 11 is 0. The van der Waals surface area contributed by atoms with Crippen molar-refractivity contribution in [1.82, 2.24) is 9.55 Å². The van der Waals surface area contributed by atoms with Crippen molar-refractivity contribution in [3.05, 3.63) is 17.7 Å². The molecule has 0 aromatic carbocycles. The van der Waals surface area contributed by atoms with Crippen molar-refractivity contribution in [2.45, 2.75) is 20.3 Å². The first-order valence-corrected chi connectivity index (χ1v) is 4.26. The molecule has 1 rings (SSSR count). The molecular formula is C9H14N2O2. The summed E-state index contributed by atoms with van der Waals surface area (Å²) < 4.78 is 1.77. The average molecular weight is 182 g/mol. The monoisotopic (exact) mass is 182 g/mol. The highest BCUT2D eigenvalue weighted by Gasteiger charge is 2.15. The summed E-state index contributed by atoms with van der Waals surface area (Å²) in [7, 11) is 1.82. The van der Waals surface area contributed by atoms with E-state index in [-0.39, 0.29) is 5.69 Å². The summed E-state index contributed by atoms with van der Waals surface area (Å²) in [6.07, 6.45) is 2.29. The summed E-state index contributed by atoms with van der Waals surface area (Å²) in [4.78, 5) is 14.6. The van der Waals surface area contributed by atoms with E-state index in [0.717, 1.165) is 12.1 Å². The van der Waals surface area contributed by atoms with E-state index in [1.807, 2.05) is 7.05 Å². The lowest BCUT2D eigenvalue weighted by Crippen LogP contribution is -2.07. The van der Waals surface area contributed by atoms with Crippen LogP contribution in [0.3, 0.4) is 0 Å². The summed E-state index contributed by atoms with van der Waals surface area (Å²) in [6, 6.07) is 0. The predicted molar refractivity (Wildman–Crippen MR) is 48.7 cm³/mol. The Morgan fingerprint density at radius 1 is 1.69 bits per heavy atom. The molecular weight excluding hydrogens is 168 g/mol. The van der Waals surface area contributed by atoms with E-state index >= 15 is 0 Å². The first-order valence-electron chi connectivity index (χ1n) is 4.26. The van der Waals surface area contributed by atoms with E-state index in [4.69, 9.17) is 5.11 Å². The van der Waals surface area contributed by atoms with Gasteiger partial charge in [0.25, 0.3) is 0 Å². The molecule has 4 nitrogen and oxygen atoms in total. The molecule has 0 atom stereocenters. The van der Waals surface area contributed by atoms with Crippen LogP contribution in [-0.2, 0) is 13.5 Å². The zero-order chi connectivity index (χ0) is 10.0. The number of carboxylic acid groups (broad SMARTS) is 1. The van der Waals surface area contributed by atoms with E-state index in [9.17, 15) is 4.79 Å². The van der Waals surface area contributed by atoms with Gasteiger partial charge >= 0.3 is 5.97 Å². The van der Waals surface area contributed by atoms with Crippen LogP contribution in [0.4, 0.5) is 0 Å². The topological polar surface area (TPSA) is 55.1 Å². The first-order chi connectivity index (χ1) is 6.02. The molecule has 0 unspecified atom stereocenters. The van der Waals surface area contributed by atoms with Crippen molar-refractivity contribution < 1.29 is 9.90 Å². The fourth-order valence-electron chi connectivity index (χ4n) is 1.26. The van der Waals surface area contributed by atoms with Crippen LogP contribution in [0.15, 0.2) is 6.33 Å². The number of aromatic carboxylic acids is 1. The Morgan fingerprint density at radius 2 is 2.31 bits per heavy atom. The lowest BCUT2D eigenvalue weighted by atomic mass is 10.1.